The molecule has 1 aliphatic rings. The molecule has 1 amide bonds. The van der Waals surface area contributed by atoms with E-state index in [1.165, 1.54) is 0 Å². The first-order valence-corrected chi connectivity index (χ1v) is 10.4. The Kier molecular flexibility index (Phi) is 5.38. The Morgan fingerprint density at radius 1 is 1.29 bits per heavy atom. The standard InChI is InChI=1S/C20H23N5O2S/c1-15-8-10-21-24(15)12-9-19(26)23-11-2-4-16(14-23)25-20(27)7-6-17(22-25)18-5-3-13-28-18/h3,5-8,10,13,16H,2,4,9,11-12,14H2,1H3/t16-/m0/s1. The topological polar surface area (TPSA) is 73.0 Å². The number of hydrogen-bond acceptors (Lipinski definition) is 5. The minimum Gasteiger partial charge on any atom is -0.340 e. The van der Waals surface area contributed by atoms with Crippen molar-refractivity contribution in [3.63, 3.8) is 0 Å². The minimum atomic E-state index is -0.119. The van der Waals surface area contributed by atoms with Crippen LogP contribution in [0.2, 0.25) is 0 Å². The normalized spacial score (nSPS) is 17.0. The van der Waals surface area contributed by atoms with Gasteiger partial charge in [0.05, 0.1) is 10.9 Å². The number of rotatable bonds is 5. The maximum atomic E-state index is 12.7. The van der Waals surface area contributed by atoms with E-state index in [1.54, 1.807) is 34.3 Å². The summed E-state index contributed by atoms with van der Waals surface area (Å²) in [5.74, 6) is 0.0991. The molecule has 146 valence electrons. The van der Waals surface area contributed by atoms with Gasteiger partial charge < -0.3 is 4.90 Å². The monoisotopic (exact) mass is 397 g/mol. The van der Waals surface area contributed by atoms with Gasteiger partial charge in [-0.3, -0.25) is 14.3 Å². The fourth-order valence-corrected chi connectivity index (χ4v) is 4.31. The Balaban J connectivity index is 1.46. The lowest BCUT2D eigenvalue weighted by Gasteiger charge is -2.33. The number of hydrogen-bond donors (Lipinski definition) is 0. The molecule has 28 heavy (non-hydrogen) atoms. The van der Waals surface area contributed by atoms with Gasteiger partial charge in [-0.1, -0.05) is 6.07 Å². The van der Waals surface area contributed by atoms with Gasteiger partial charge in [-0.25, -0.2) is 4.68 Å². The fourth-order valence-electron chi connectivity index (χ4n) is 3.62. The predicted octanol–water partition coefficient (Wildman–Crippen LogP) is 2.73. The number of amides is 1. The van der Waals surface area contributed by atoms with E-state index in [0.29, 0.717) is 19.5 Å². The summed E-state index contributed by atoms with van der Waals surface area (Å²) >= 11 is 1.60. The highest BCUT2D eigenvalue weighted by molar-refractivity contribution is 7.13. The molecule has 1 atom stereocenters. The summed E-state index contributed by atoms with van der Waals surface area (Å²) in [5.41, 5.74) is 1.73. The van der Waals surface area contributed by atoms with Crippen molar-refractivity contribution < 1.29 is 4.79 Å². The largest absolute Gasteiger partial charge is 0.340 e. The Morgan fingerprint density at radius 2 is 2.18 bits per heavy atom. The van der Waals surface area contributed by atoms with Gasteiger partial charge >= 0.3 is 0 Å². The quantitative estimate of drug-likeness (QED) is 0.664. The summed E-state index contributed by atoms with van der Waals surface area (Å²) in [4.78, 5) is 28.0. The molecule has 0 spiro atoms. The molecule has 3 aromatic rings. The van der Waals surface area contributed by atoms with E-state index < -0.39 is 0 Å². The van der Waals surface area contributed by atoms with Crippen LogP contribution in [-0.2, 0) is 11.3 Å². The van der Waals surface area contributed by atoms with Crippen molar-refractivity contribution in [3.05, 3.63) is 58.0 Å². The maximum absolute atomic E-state index is 12.7. The summed E-state index contributed by atoms with van der Waals surface area (Å²) in [6.45, 7) is 3.81. The van der Waals surface area contributed by atoms with Gasteiger partial charge in [-0.15, -0.1) is 11.3 Å². The average molecular weight is 398 g/mol. The molecule has 4 heterocycles. The number of thiophene rings is 1. The predicted molar refractivity (Wildman–Crippen MR) is 108 cm³/mol. The Bertz CT molecular complexity index is 1010. The van der Waals surface area contributed by atoms with Crippen LogP contribution in [0.5, 0.6) is 0 Å². The van der Waals surface area contributed by atoms with Gasteiger partial charge in [0.25, 0.3) is 5.56 Å². The minimum absolute atomic E-state index is 0.0865. The first kappa shape index (κ1) is 18.6. The molecule has 0 saturated carbocycles. The molecule has 1 aliphatic heterocycles. The maximum Gasteiger partial charge on any atom is 0.267 e. The molecule has 0 bridgehead atoms. The first-order chi connectivity index (χ1) is 13.6. The van der Waals surface area contributed by atoms with Crippen LogP contribution in [0, 0.1) is 6.92 Å². The molecule has 7 nitrogen and oxygen atoms in total. The summed E-state index contributed by atoms with van der Waals surface area (Å²) < 4.78 is 3.40. The third-order valence-corrected chi connectivity index (χ3v) is 6.05. The lowest BCUT2D eigenvalue weighted by atomic mass is 10.1. The molecular formula is C20H23N5O2S. The van der Waals surface area contributed by atoms with Crippen molar-refractivity contribution in [2.75, 3.05) is 13.1 Å². The van der Waals surface area contributed by atoms with Gasteiger partial charge in [0.1, 0.15) is 5.69 Å². The zero-order chi connectivity index (χ0) is 19.5. The van der Waals surface area contributed by atoms with E-state index in [2.05, 4.69) is 10.2 Å². The smallest absolute Gasteiger partial charge is 0.267 e. The van der Waals surface area contributed by atoms with Crippen molar-refractivity contribution in [2.45, 2.75) is 38.8 Å². The first-order valence-electron chi connectivity index (χ1n) is 9.52. The Labute approximate surface area is 167 Å². The molecule has 0 aliphatic carbocycles. The molecule has 0 N–H and O–H groups in total. The van der Waals surface area contributed by atoms with Gasteiger partial charge in [0.2, 0.25) is 5.91 Å². The third-order valence-electron chi connectivity index (χ3n) is 5.16. The number of aryl methyl sites for hydroxylation is 2. The van der Waals surface area contributed by atoms with E-state index in [1.807, 2.05) is 40.1 Å². The van der Waals surface area contributed by atoms with E-state index in [-0.39, 0.29) is 17.5 Å². The van der Waals surface area contributed by atoms with E-state index >= 15 is 0 Å². The number of carbonyl (C=O) groups excluding carboxylic acids is 1. The second kappa shape index (κ2) is 8.10. The van der Waals surface area contributed by atoms with Gasteiger partial charge in [0.15, 0.2) is 0 Å². The number of likely N-dealkylation sites (tertiary alicyclic amines) is 1. The van der Waals surface area contributed by atoms with E-state index in [4.69, 9.17) is 0 Å². The lowest BCUT2D eigenvalue weighted by Crippen LogP contribution is -2.43. The highest BCUT2D eigenvalue weighted by Crippen LogP contribution is 2.24. The van der Waals surface area contributed by atoms with Crippen LogP contribution >= 0.6 is 11.3 Å². The molecule has 8 heteroatoms. The van der Waals surface area contributed by atoms with Crippen LogP contribution in [0.25, 0.3) is 10.6 Å². The van der Waals surface area contributed by atoms with Crippen molar-refractivity contribution in [1.82, 2.24) is 24.5 Å². The van der Waals surface area contributed by atoms with Gasteiger partial charge in [-0.2, -0.15) is 10.2 Å². The van der Waals surface area contributed by atoms with Crippen LogP contribution in [0.1, 0.15) is 31.0 Å². The van der Waals surface area contributed by atoms with E-state index in [9.17, 15) is 9.59 Å². The van der Waals surface area contributed by atoms with Crippen LogP contribution in [0.4, 0.5) is 0 Å². The fraction of sp³-hybridized carbons (Fsp3) is 0.400. The summed E-state index contributed by atoms with van der Waals surface area (Å²) in [6, 6.07) is 9.15. The second-order valence-electron chi connectivity index (χ2n) is 7.06. The SMILES string of the molecule is Cc1ccnn1CCC(=O)N1CCC[C@H](n2nc(-c3cccs3)ccc2=O)C1. The van der Waals surface area contributed by atoms with Gasteiger partial charge in [0, 0.05) is 44.0 Å². The zero-order valence-electron chi connectivity index (χ0n) is 15.8. The highest BCUT2D eigenvalue weighted by atomic mass is 32.1. The highest BCUT2D eigenvalue weighted by Gasteiger charge is 2.26. The zero-order valence-corrected chi connectivity index (χ0v) is 16.6. The summed E-state index contributed by atoms with van der Waals surface area (Å²) in [7, 11) is 0. The Morgan fingerprint density at radius 3 is 2.93 bits per heavy atom. The van der Waals surface area contributed by atoms with Crippen molar-refractivity contribution in [1.29, 1.82) is 0 Å². The molecular weight excluding hydrogens is 374 g/mol. The molecule has 0 unspecified atom stereocenters. The number of nitrogens with zero attached hydrogens (tertiary/aromatic N) is 5. The van der Waals surface area contributed by atoms with Crippen molar-refractivity contribution in [2.24, 2.45) is 0 Å². The molecule has 4 rings (SSSR count). The van der Waals surface area contributed by atoms with Crippen LogP contribution in [0.15, 0.2) is 46.7 Å². The molecule has 1 saturated heterocycles. The second-order valence-corrected chi connectivity index (χ2v) is 8.01. The third kappa shape index (κ3) is 3.91. The number of piperidine rings is 1. The molecule has 3 aromatic heterocycles. The van der Waals surface area contributed by atoms with Crippen LogP contribution in [0.3, 0.4) is 0 Å². The molecule has 0 aromatic carbocycles. The molecule has 1 fully saturated rings. The van der Waals surface area contributed by atoms with Crippen LogP contribution < -0.4 is 5.56 Å². The Hall–Kier alpha value is -2.74. The molecule has 0 radical (unpaired) electrons. The van der Waals surface area contributed by atoms with E-state index in [0.717, 1.165) is 35.7 Å². The number of carbonyl (C=O) groups is 1. The summed E-state index contributed by atoms with van der Waals surface area (Å²) in [6.07, 6.45) is 3.87. The number of aromatic nitrogens is 4. The van der Waals surface area contributed by atoms with Crippen LogP contribution in [-0.4, -0.2) is 43.5 Å². The lowest BCUT2D eigenvalue weighted by molar-refractivity contribution is -0.133. The van der Waals surface area contributed by atoms with Gasteiger partial charge in [-0.05, 0) is 43.3 Å². The summed E-state index contributed by atoms with van der Waals surface area (Å²) in [5, 5.41) is 10.8. The van der Waals surface area contributed by atoms with Crippen molar-refractivity contribution in [3.8, 4) is 10.6 Å². The average Bonchev–Trinajstić information content (AvgIpc) is 3.38. The van der Waals surface area contributed by atoms with Crippen molar-refractivity contribution >= 4 is 17.2 Å².